The van der Waals surface area contributed by atoms with Crippen LogP contribution in [0.1, 0.15) is 26.7 Å². The second-order valence-electron chi connectivity index (χ2n) is 2.88. The number of hydrogen-bond donors (Lipinski definition) is 0. The SMILES string of the molecule is CCC1(Br)C(Cl)(Cl)C1(Br)CC. The molecule has 1 aliphatic carbocycles. The summed E-state index contributed by atoms with van der Waals surface area (Å²) in [6.07, 6.45) is 1.86. The Morgan fingerprint density at radius 2 is 1.27 bits per heavy atom. The van der Waals surface area contributed by atoms with Gasteiger partial charge < -0.3 is 0 Å². The van der Waals surface area contributed by atoms with Crippen molar-refractivity contribution in [2.75, 3.05) is 0 Å². The molecule has 0 bridgehead atoms. The summed E-state index contributed by atoms with van der Waals surface area (Å²) < 4.78 is -0.959. The monoisotopic (exact) mass is 322 g/mol. The van der Waals surface area contributed by atoms with Crippen LogP contribution in [-0.4, -0.2) is 13.0 Å². The fraction of sp³-hybridized carbons (Fsp3) is 1.00. The quantitative estimate of drug-likeness (QED) is 0.666. The van der Waals surface area contributed by atoms with Gasteiger partial charge >= 0.3 is 0 Å². The van der Waals surface area contributed by atoms with Gasteiger partial charge in [-0.1, -0.05) is 68.9 Å². The van der Waals surface area contributed by atoms with Gasteiger partial charge in [-0.25, -0.2) is 0 Å². The molecule has 0 aromatic rings. The molecular weight excluding hydrogens is 315 g/mol. The normalized spacial score (nSPS) is 47.5. The largest absolute Gasteiger partial charge is 0.151 e. The Kier molecular flexibility index (Phi) is 2.67. The zero-order valence-electron chi connectivity index (χ0n) is 6.43. The van der Waals surface area contributed by atoms with Gasteiger partial charge in [0.2, 0.25) is 0 Å². The molecule has 1 saturated carbocycles. The lowest BCUT2D eigenvalue weighted by Gasteiger charge is -2.07. The molecular formula is C7H10Br2Cl2. The van der Waals surface area contributed by atoms with E-state index in [0.29, 0.717) is 0 Å². The van der Waals surface area contributed by atoms with Crippen molar-refractivity contribution in [1.29, 1.82) is 0 Å². The van der Waals surface area contributed by atoms with Crippen LogP contribution in [0.4, 0.5) is 0 Å². The molecule has 66 valence electrons. The predicted octanol–water partition coefficient (Wildman–Crippen LogP) is 4.26. The van der Waals surface area contributed by atoms with Gasteiger partial charge in [-0.05, 0) is 12.8 Å². The molecule has 1 fully saturated rings. The second kappa shape index (κ2) is 2.76. The summed E-state index contributed by atoms with van der Waals surface area (Å²) in [4.78, 5) is 0. The van der Waals surface area contributed by atoms with Gasteiger partial charge in [0.05, 0.1) is 8.65 Å². The van der Waals surface area contributed by atoms with Crippen molar-refractivity contribution in [1.82, 2.24) is 0 Å². The van der Waals surface area contributed by atoms with Crippen LogP contribution in [0.3, 0.4) is 0 Å². The van der Waals surface area contributed by atoms with E-state index < -0.39 is 4.33 Å². The third-order valence-electron chi connectivity index (χ3n) is 2.54. The average molecular weight is 325 g/mol. The Bertz CT molecular complexity index is 165. The highest BCUT2D eigenvalue weighted by molar-refractivity contribution is 9.13. The summed E-state index contributed by atoms with van der Waals surface area (Å²) in [6, 6.07) is 0. The van der Waals surface area contributed by atoms with Crippen molar-refractivity contribution in [2.45, 2.75) is 39.7 Å². The van der Waals surface area contributed by atoms with Crippen molar-refractivity contribution in [3.63, 3.8) is 0 Å². The maximum Gasteiger partial charge on any atom is 0.151 e. The maximum absolute atomic E-state index is 6.13. The standard InChI is InChI=1S/C7H10Br2Cl2/c1-3-5(8)6(9,4-2)7(5,10)11/h3-4H2,1-2H3. The minimum Gasteiger partial charge on any atom is -0.0984 e. The van der Waals surface area contributed by atoms with E-state index in [9.17, 15) is 0 Å². The lowest BCUT2D eigenvalue weighted by molar-refractivity contribution is 0.758. The van der Waals surface area contributed by atoms with Crippen LogP contribution >= 0.6 is 55.1 Å². The van der Waals surface area contributed by atoms with Crippen molar-refractivity contribution < 1.29 is 0 Å². The first-order valence-corrected chi connectivity index (χ1v) is 5.97. The summed E-state index contributed by atoms with van der Waals surface area (Å²) in [6.45, 7) is 4.15. The minimum absolute atomic E-state index is 0.148. The molecule has 0 radical (unpaired) electrons. The van der Waals surface area contributed by atoms with E-state index in [-0.39, 0.29) is 8.65 Å². The van der Waals surface area contributed by atoms with Gasteiger partial charge in [-0.2, -0.15) is 0 Å². The van der Waals surface area contributed by atoms with E-state index in [1.807, 2.05) is 0 Å². The van der Waals surface area contributed by atoms with E-state index in [0.717, 1.165) is 12.8 Å². The van der Waals surface area contributed by atoms with Crippen LogP contribution in [0.2, 0.25) is 0 Å². The Labute approximate surface area is 94.3 Å². The number of alkyl halides is 4. The molecule has 0 aliphatic heterocycles. The lowest BCUT2D eigenvalue weighted by atomic mass is 10.2. The molecule has 0 nitrogen and oxygen atoms in total. The summed E-state index contributed by atoms with van der Waals surface area (Å²) >= 11 is 19.4. The summed E-state index contributed by atoms with van der Waals surface area (Å²) in [7, 11) is 0. The molecule has 1 aliphatic rings. The fourth-order valence-corrected chi connectivity index (χ4v) is 4.98. The van der Waals surface area contributed by atoms with Gasteiger partial charge in [0, 0.05) is 0 Å². The lowest BCUT2D eigenvalue weighted by Crippen LogP contribution is -2.10. The molecule has 0 spiro atoms. The highest BCUT2D eigenvalue weighted by Gasteiger charge is 2.83. The maximum atomic E-state index is 6.13. The first kappa shape index (κ1) is 10.6. The van der Waals surface area contributed by atoms with E-state index in [1.165, 1.54) is 0 Å². The van der Waals surface area contributed by atoms with E-state index in [2.05, 4.69) is 45.7 Å². The molecule has 0 amide bonds. The third-order valence-corrected chi connectivity index (χ3v) is 8.94. The van der Waals surface area contributed by atoms with Crippen LogP contribution in [0.25, 0.3) is 0 Å². The van der Waals surface area contributed by atoms with Crippen molar-refractivity contribution >= 4 is 55.1 Å². The van der Waals surface area contributed by atoms with Crippen LogP contribution in [-0.2, 0) is 0 Å². The number of halogens is 4. The Morgan fingerprint density at radius 3 is 1.36 bits per heavy atom. The average Bonchev–Trinajstić information content (AvgIpc) is 2.32. The first-order valence-electron chi connectivity index (χ1n) is 3.63. The van der Waals surface area contributed by atoms with Gasteiger partial charge in [0.15, 0.2) is 4.33 Å². The Morgan fingerprint density at radius 1 is 1.00 bits per heavy atom. The molecule has 1 rings (SSSR count). The van der Waals surface area contributed by atoms with Crippen LogP contribution < -0.4 is 0 Å². The molecule has 2 unspecified atom stereocenters. The number of rotatable bonds is 2. The van der Waals surface area contributed by atoms with Crippen molar-refractivity contribution in [2.24, 2.45) is 0 Å². The van der Waals surface area contributed by atoms with Crippen LogP contribution in [0.5, 0.6) is 0 Å². The highest BCUT2D eigenvalue weighted by atomic mass is 79.9. The van der Waals surface area contributed by atoms with E-state index in [4.69, 9.17) is 23.2 Å². The minimum atomic E-state index is -0.663. The topological polar surface area (TPSA) is 0 Å². The van der Waals surface area contributed by atoms with Crippen molar-refractivity contribution in [3.05, 3.63) is 0 Å². The number of hydrogen-bond acceptors (Lipinski definition) is 0. The van der Waals surface area contributed by atoms with Gasteiger partial charge in [0.1, 0.15) is 0 Å². The van der Waals surface area contributed by atoms with Gasteiger partial charge in [0.25, 0.3) is 0 Å². The summed E-state index contributed by atoms with van der Waals surface area (Å²) in [5.74, 6) is 0. The summed E-state index contributed by atoms with van der Waals surface area (Å²) in [5.41, 5.74) is 0. The smallest absolute Gasteiger partial charge is 0.0984 e. The Hall–Kier alpha value is 1.54. The molecule has 2 atom stereocenters. The van der Waals surface area contributed by atoms with Crippen LogP contribution in [0, 0.1) is 0 Å². The zero-order chi connectivity index (χ0) is 8.91. The van der Waals surface area contributed by atoms with Crippen LogP contribution in [0.15, 0.2) is 0 Å². The predicted molar refractivity (Wildman–Crippen MR) is 58.3 cm³/mol. The molecule has 4 heteroatoms. The third kappa shape index (κ3) is 0.992. The van der Waals surface area contributed by atoms with Gasteiger partial charge in [-0.15, -0.1) is 0 Å². The van der Waals surface area contributed by atoms with Gasteiger partial charge in [-0.3, -0.25) is 0 Å². The molecule has 0 aromatic heterocycles. The fourth-order valence-electron chi connectivity index (χ4n) is 1.54. The van der Waals surface area contributed by atoms with E-state index >= 15 is 0 Å². The zero-order valence-corrected chi connectivity index (χ0v) is 11.1. The second-order valence-corrected chi connectivity index (χ2v) is 6.92. The molecule has 0 saturated heterocycles. The first-order chi connectivity index (χ1) is 4.87. The molecule has 0 aromatic carbocycles. The molecule has 11 heavy (non-hydrogen) atoms. The highest BCUT2D eigenvalue weighted by Crippen LogP contribution is 2.77. The molecule has 0 N–H and O–H groups in total. The summed E-state index contributed by atoms with van der Waals surface area (Å²) in [5, 5.41) is 0. The van der Waals surface area contributed by atoms with Crippen molar-refractivity contribution in [3.8, 4) is 0 Å². The van der Waals surface area contributed by atoms with E-state index in [1.54, 1.807) is 0 Å². The Balaban J connectivity index is 2.91. The molecule has 0 heterocycles.